The van der Waals surface area contributed by atoms with Crippen LogP contribution in [0.4, 0.5) is 0 Å². The molecule has 1 N–H and O–H groups in total. The number of ether oxygens (including phenoxy) is 1. The first-order chi connectivity index (χ1) is 12.6. The summed E-state index contributed by atoms with van der Waals surface area (Å²) in [5, 5.41) is 3.81. The second kappa shape index (κ2) is 6.70. The number of fused-ring (bicyclic) bond motifs is 3. The van der Waals surface area contributed by atoms with E-state index in [9.17, 15) is 4.79 Å². The third-order valence-electron chi connectivity index (χ3n) is 4.19. The van der Waals surface area contributed by atoms with Gasteiger partial charge in [0.05, 0.1) is 18.0 Å². The molecule has 5 nitrogen and oxygen atoms in total. The van der Waals surface area contributed by atoms with Crippen LogP contribution in [0.25, 0.3) is 11.3 Å². The number of aromatic nitrogens is 2. The first kappa shape index (κ1) is 17.0. The van der Waals surface area contributed by atoms with Crippen molar-refractivity contribution in [3.05, 3.63) is 81.9 Å². The molecule has 2 aromatic rings. The van der Waals surface area contributed by atoms with E-state index in [2.05, 4.69) is 16.9 Å². The smallest absolute Gasteiger partial charge is 0.272 e. The van der Waals surface area contributed by atoms with Gasteiger partial charge in [0, 0.05) is 16.2 Å². The first-order valence-corrected chi connectivity index (χ1v) is 9.39. The summed E-state index contributed by atoms with van der Waals surface area (Å²) in [6.07, 6.45) is 5.32. The Bertz CT molecular complexity index is 1010. The number of hydrogen-bond donors (Lipinski definition) is 1. The minimum absolute atomic E-state index is 0.0801. The molecular weight excluding hydrogens is 370 g/mol. The van der Waals surface area contributed by atoms with Crippen molar-refractivity contribution < 1.29 is 4.74 Å². The minimum Gasteiger partial charge on any atom is -0.494 e. The molecule has 1 aromatic heterocycles. The lowest BCUT2D eigenvalue weighted by Gasteiger charge is -2.21. The van der Waals surface area contributed by atoms with Gasteiger partial charge in [0.15, 0.2) is 0 Å². The second-order valence-electron chi connectivity index (χ2n) is 5.76. The molecule has 1 atom stereocenters. The molecule has 7 heteroatoms. The Hall–Kier alpha value is -2.44. The molecule has 2 aliphatic rings. The van der Waals surface area contributed by atoms with Crippen molar-refractivity contribution in [2.24, 2.45) is 0 Å². The van der Waals surface area contributed by atoms with Gasteiger partial charge in [-0.2, -0.15) is 0 Å². The van der Waals surface area contributed by atoms with Gasteiger partial charge in [-0.1, -0.05) is 29.9 Å². The van der Waals surface area contributed by atoms with Crippen LogP contribution in [-0.2, 0) is 4.74 Å². The summed E-state index contributed by atoms with van der Waals surface area (Å²) in [7, 11) is 0. The molecule has 0 saturated carbocycles. The number of benzene rings is 1. The molecule has 0 aliphatic carbocycles. The van der Waals surface area contributed by atoms with E-state index in [0.29, 0.717) is 28.0 Å². The average molecular weight is 386 g/mol. The van der Waals surface area contributed by atoms with Crippen LogP contribution in [0.15, 0.2) is 70.5 Å². The van der Waals surface area contributed by atoms with E-state index >= 15 is 0 Å². The fourth-order valence-corrected chi connectivity index (χ4v) is 4.35. The van der Waals surface area contributed by atoms with Crippen LogP contribution in [0, 0.1) is 0 Å². The Morgan fingerprint density at radius 2 is 2.19 bits per heavy atom. The highest BCUT2D eigenvalue weighted by Gasteiger charge is 2.35. The van der Waals surface area contributed by atoms with Crippen molar-refractivity contribution >= 4 is 28.9 Å². The van der Waals surface area contributed by atoms with Crippen LogP contribution in [0.2, 0.25) is 5.02 Å². The fourth-order valence-electron chi connectivity index (χ4n) is 3.01. The van der Waals surface area contributed by atoms with E-state index in [1.807, 2.05) is 19.2 Å². The molecular formula is C19H16ClN3O2S. The molecule has 0 radical (unpaired) electrons. The first-order valence-electron chi connectivity index (χ1n) is 8.13. The number of hydrogen-bond acceptors (Lipinski definition) is 5. The van der Waals surface area contributed by atoms with Crippen molar-refractivity contribution in [3.63, 3.8) is 0 Å². The van der Waals surface area contributed by atoms with E-state index in [1.54, 1.807) is 30.6 Å². The molecule has 3 heterocycles. The Balaban J connectivity index is 1.84. The van der Waals surface area contributed by atoms with Crippen LogP contribution >= 0.6 is 23.4 Å². The Morgan fingerprint density at radius 1 is 1.42 bits per heavy atom. The normalized spacial score (nSPS) is 17.5. The maximum Gasteiger partial charge on any atom is 0.272 e. The van der Waals surface area contributed by atoms with Crippen molar-refractivity contribution in [1.82, 2.24) is 14.9 Å². The lowest BCUT2D eigenvalue weighted by Crippen LogP contribution is -2.23. The van der Waals surface area contributed by atoms with Crippen molar-refractivity contribution in [3.8, 4) is 5.69 Å². The summed E-state index contributed by atoms with van der Waals surface area (Å²) in [5.41, 5.74) is 3.11. The quantitative estimate of drug-likeness (QED) is 0.812. The summed E-state index contributed by atoms with van der Waals surface area (Å²) in [5.74, 6) is 0.586. The van der Waals surface area contributed by atoms with Gasteiger partial charge in [-0.25, -0.2) is 4.98 Å². The summed E-state index contributed by atoms with van der Waals surface area (Å²) >= 11 is 7.40. The Morgan fingerprint density at radius 3 is 2.92 bits per heavy atom. The van der Waals surface area contributed by atoms with Crippen LogP contribution < -0.4 is 10.9 Å². The largest absolute Gasteiger partial charge is 0.494 e. The lowest BCUT2D eigenvalue weighted by molar-refractivity contribution is 0.241. The Kier molecular flexibility index (Phi) is 4.38. The molecule has 132 valence electrons. The lowest BCUT2D eigenvalue weighted by atomic mass is 10.0. The van der Waals surface area contributed by atoms with Crippen molar-refractivity contribution in [1.29, 1.82) is 0 Å². The number of allylic oxidation sites excluding steroid dienone is 1. The van der Waals surface area contributed by atoms with Gasteiger partial charge in [0.1, 0.15) is 22.4 Å². The molecule has 0 spiro atoms. The maximum absolute atomic E-state index is 13.0. The summed E-state index contributed by atoms with van der Waals surface area (Å²) < 4.78 is 7.11. The second-order valence-corrected chi connectivity index (χ2v) is 7.31. The minimum atomic E-state index is -0.104. The highest BCUT2D eigenvalue weighted by atomic mass is 35.5. The summed E-state index contributed by atoms with van der Waals surface area (Å²) in [6, 6.07) is 7.10. The zero-order valence-electron chi connectivity index (χ0n) is 14.0. The van der Waals surface area contributed by atoms with Crippen molar-refractivity contribution in [2.75, 3.05) is 6.61 Å². The molecule has 0 saturated heterocycles. The van der Waals surface area contributed by atoms with Gasteiger partial charge in [-0.05, 0) is 43.5 Å². The molecule has 0 fully saturated rings. The molecule has 1 aromatic carbocycles. The van der Waals surface area contributed by atoms with Gasteiger partial charge in [0.2, 0.25) is 0 Å². The SMILES string of the molecule is C=C(OCC)C1=C2c3ncn(-c4ccc(Cl)cc4)c(=O)c3SC2NC=C1. The van der Waals surface area contributed by atoms with E-state index in [-0.39, 0.29) is 10.9 Å². The molecule has 26 heavy (non-hydrogen) atoms. The van der Waals surface area contributed by atoms with Gasteiger partial charge in [-0.15, -0.1) is 0 Å². The molecule has 0 bridgehead atoms. The standard InChI is InChI=1S/C19H16ClN3O2S/c1-3-25-11(2)14-8-9-21-18-15(14)16-17(26-18)19(24)23(10-22-16)13-6-4-12(20)5-7-13/h4-10,18,21H,2-3H2,1H3. The maximum atomic E-state index is 13.0. The Labute approximate surface area is 160 Å². The van der Waals surface area contributed by atoms with E-state index < -0.39 is 0 Å². The number of rotatable bonds is 4. The van der Waals surface area contributed by atoms with Gasteiger partial charge in [-0.3, -0.25) is 9.36 Å². The third kappa shape index (κ3) is 2.75. The van der Waals surface area contributed by atoms with Gasteiger partial charge in [0.25, 0.3) is 5.56 Å². The average Bonchev–Trinajstić information content (AvgIpc) is 3.03. The van der Waals surface area contributed by atoms with E-state index in [4.69, 9.17) is 16.3 Å². The molecule has 2 aliphatic heterocycles. The fraction of sp³-hybridized carbons (Fsp3) is 0.158. The van der Waals surface area contributed by atoms with Gasteiger partial charge >= 0.3 is 0 Å². The predicted octanol–water partition coefficient (Wildman–Crippen LogP) is 3.74. The van der Waals surface area contributed by atoms with E-state index in [0.717, 1.165) is 16.8 Å². The zero-order chi connectivity index (χ0) is 18.3. The number of nitrogens with one attached hydrogen (secondary N) is 1. The highest BCUT2D eigenvalue weighted by Crippen LogP contribution is 2.45. The molecule has 4 rings (SSSR count). The topological polar surface area (TPSA) is 56.2 Å². The number of halogens is 1. The monoisotopic (exact) mass is 385 g/mol. The zero-order valence-corrected chi connectivity index (χ0v) is 15.6. The van der Waals surface area contributed by atoms with Crippen LogP contribution in [0.1, 0.15) is 12.6 Å². The number of thioether (sulfide) groups is 1. The highest BCUT2D eigenvalue weighted by molar-refractivity contribution is 8.00. The summed E-state index contributed by atoms with van der Waals surface area (Å²) in [4.78, 5) is 18.2. The van der Waals surface area contributed by atoms with Crippen LogP contribution in [0.5, 0.6) is 0 Å². The predicted molar refractivity (Wildman–Crippen MR) is 104 cm³/mol. The van der Waals surface area contributed by atoms with Gasteiger partial charge < -0.3 is 10.1 Å². The third-order valence-corrected chi connectivity index (χ3v) is 5.66. The number of nitrogens with zero attached hydrogens (tertiary/aromatic N) is 2. The van der Waals surface area contributed by atoms with Crippen LogP contribution in [0.3, 0.4) is 0 Å². The number of dihydropyridines is 1. The van der Waals surface area contributed by atoms with E-state index in [1.165, 1.54) is 16.3 Å². The van der Waals surface area contributed by atoms with Crippen molar-refractivity contribution in [2.45, 2.75) is 17.2 Å². The molecule has 1 unspecified atom stereocenters. The van der Waals surface area contributed by atoms with Crippen LogP contribution in [-0.4, -0.2) is 21.5 Å². The summed E-state index contributed by atoms with van der Waals surface area (Å²) in [6.45, 7) is 6.46. The molecule has 0 amide bonds.